The number of hydrogen-bond donors (Lipinski definition) is 2. The van der Waals surface area contributed by atoms with Gasteiger partial charge in [0.1, 0.15) is 0 Å². The largest absolute Gasteiger partial charge is 0.324 e. The fourth-order valence-electron chi connectivity index (χ4n) is 2.26. The van der Waals surface area contributed by atoms with Crippen molar-refractivity contribution in [3.63, 3.8) is 0 Å². The summed E-state index contributed by atoms with van der Waals surface area (Å²) in [5, 5.41) is 6.00. The van der Waals surface area contributed by atoms with Crippen molar-refractivity contribution in [1.82, 2.24) is 5.32 Å². The molecule has 1 heterocycles. The highest BCUT2D eigenvalue weighted by atomic mass is 32.2. The molecule has 1 aliphatic rings. The number of carbonyl (C=O) groups excluding carboxylic acids is 1. The van der Waals surface area contributed by atoms with Crippen LogP contribution in [0.3, 0.4) is 0 Å². The summed E-state index contributed by atoms with van der Waals surface area (Å²) in [7, 11) is -3.27. The number of piperidine rings is 1. The summed E-state index contributed by atoms with van der Waals surface area (Å²) in [6.45, 7) is 2.69. The SMILES string of the molecule is Cc1ccc(S(C)(=O)=O)cc1NC(=O)C1CCCCN1. The van der Waals surface area contributed by atoms with E-state index in [1.807, 2.05) is 6.92 Å². The molecule has 5 nitrogen and oxygen atoms in total. The van der Waals surface area contributed by atoms with Gasteiger partial charge in [0, 0.05) is 11.9 Å². The predicted octanol–water partition coefficient (Wildman–Crippen LogP) is 1.48. The average molecular weight is 296 g/mol. The number of anilines is 1. The lowest BCUT2D eigenvalue weighted by molar-refractivity contribution is -0.118. The molecule has 1 saturated heterocycles. The molecule has 1 unspecified atom stereocenters. The Kier molecular flexibility index (Phi) is 4.45. The lowest BCUT2D eigenvalue weighted by Crippen LogP contribution is -2.43. The van der Waals surface area contributed by atoms with E-state index in [0.717, 1.165) is 37.6 Å². The summed E-state index contributed by atoms with van der Waals surface area (Å²) < 4.78 is 23.1. The Balaban J connectivity index is 2.18. The third-order valence-electron chi connectivity index (χ3n) is 3.52. The molecule has 0 radical (unpaired) electrons. The zero-order valence-corrected chi connectivity index (χ0v) is 12.6. The third-order valence-corrected chi connectivity index (χ3v) is 4.63. The van der Waals surface area contributed by atoms with Crippen LogP contribution in [0.15, 0.2) is 23.1 Å². The topological polar surface area (TPSA) is 75.3 Å². The summed E-state index contributed by atoms with van der Waals surface area (Å²) in [6, 6.07) is 4.59. The Morgan fingerprint density at radius 1 is 1.35 bits per heavy atom. The monoisotopic (exact) mass is 296 g/mol. The molecule has 1 aromatic rings. The van der Waals surface area contributed by atoms with E-state index in [1.54, 1.807) is 12.1 Å². The summed E-state index contributed by atoms with van der Waals surface area (Å²) in [5.41, 5.74) is 1.41. The number of hydrogen-bond acceptors (Lipinski definition) is 4. The molecule has 20 heavy (non-hydrogen) atoms. The van der Waals surface area contributed by atoms with Gasteiger partial charge >= 0.3 is 0 Å². The molecule has 1 aromatic carbocycles. The second-order valence-electron chi connectivity index (χ2n) is 5.24. The number of benzene rings is 1. The van der Waals surface area contributed by atoms with Gasteiger partial charge in [-0.25, -0.2) is 8.42 Å². The first kappa shape index (κ1) is 15.0. The van der Waals surface area contributed by atoms with Crippen LogP contribution in [0.4, 0.5) is 5.69 Å². The van der Waals surface area contributed by atoms with E-state index >= 15 is 0 Å². The van der Waals surface area contributed by atoms with Crippen molar-refractivity contribution in [2.75, 3.05) is 18.1 Å². The molecule has 0 aliphatic carbocycles. The zero-order chi connectivity index (χ0) is 14.8. The van der Waals surface area contributed by atoms with Crippen LogP contribution in [-0.2, 0) is 14.6 Å². The van der Waals surface area contributed by atoms with Gasteiger partial charge in [-0.15, -0.1) is 0 Å². The Morgan fingerprint density at radius 3 is 2.70 bits per heavy atom. The smallest absolute Gasteiger partial charge is 0.241 e. The fourth-order valence-corrected chi connectivity index (χ4v) is 2.91. The standard InChI is InChI=1S/C14H20N2O3S/c1-10-6-7-11(20(2,18)19)9-13(10)16-14(17)12-5-3-4-8-15-12/h6-7,9,12,15H,3-5,8H2,1-2H3,(H,16,17). The molecular formula is C14H20N2O3S. The molecule has 1 fully saturated rings. The number of nitrogens with one attached hydrogen (secondary N) is 2. The van der Waals surface area contributed by atoms with Crippen LogP contribution in [0, 0.1) is 6.92 Å². The highest BCUT2D eigenvalue weighted by Crippen LogP contribution is 2.21. The minimum Gasteiger partial charge on any atom is -0.324 e. The van der Waals surface area contributed by atoms with Gasteiger partial charge < -0.3 is 10.6 Å². The van der Waals surface area contributed by atoms with Gasteiger partial charge in [-0.2, -0.15) is 0 Å². The van der Waals surface area contributed by atoms with Crippen LogP contribution in [0.1, 0.15) is 24.8 Å². The van der Waals surface area contributed by atoms with E-state index < -0.39 is 9.84 Å². The van der Waals surface area contributed by atoms with Gasteiger partial charge in [-0.1, -0.05) is 12.5 Å². The Hall–Kier alpha value is -1.40. The van der Waals surface area contributed by atoms with Crippen LogP contribution in [0.2, 0.25) is 0 Å². The Morgan fingerprint density at radius 2 is 2.10 bits per heavy atom. The van der Waals surface area contributed by atoms with Crippen molar-refractivity contribution >= 4 is 21.4 Å². The van der Waals surface area contributed by atoms with Gasteiger partial charge in [0.2, 0.25) is 5.91 Å². The van der Waals surface area contributed by atoms with Gasteiger partial charge in [-0.05, 0) is 44.0 Å². The molecule has 1 amide bonds. The van der Waals surface area contributed by atoms with Gasteiger partial charge in [-0.3, -0.25) is 4.79 Å². The van der Waals surface area contributed by atoms with E-state index in [9.17, 15) is 13.2 Å². The lowest BCUT2D eigenvalue weighted by Gasteiger charge is -2.23. The average Bonchev–Trinajstić information content (AvgIpc) is 2.41. The molecule has 6 heteroatoms. The maximum Gasteiger partial charge on any atom is 0.241 e. The predicted molar refractivity (Wildman–Crippen MR) is 78.6 cm³/mol. The molecule has 0 saturated carbocycles. The second kappa shape index (κ2) is 5.93. The molecule has 1 atom stereocenters. The zero-order valence-electron chi connectivity index (χ0n) is 11.8. The maximum absolute atomic E-state index is 12.2. The first-order valence-corrected chi connectivity index (χ1v) is 8.62. The van der Waals surface area contributed by atoms with E-state index in [-0.39, 0.29) is 16.8 Å². The highest BCUT2D eigenvalue weighted by Gasteiger charge is 2.21. The van der Waals surface area contributed by atoms with Crippen molar-refractivity contribution in [2.24, 2.45) is 0 Å². The number of aryl methyl sites for hydroxylation is 1. The number of amides is 1. The Bertz CT molecular complexity index is 605. The van der Waals surface area contributed by atoms with E-state index in [1.165, 1.54) is 6.07 Å². The minimum atomic E-state index is -3.27. The highest BCUT2D eigenvalue weighted by molar-refractivity contribution is 7.90. The maximum atomic E-state index is 12.2. The molecule has 2 rings (SSSR count). The van der Waals surface area contributed by atoms with Gasteiger partial charge in [0.15, 0.2) is 9.84 Å². The third kappa shape index (κ3) is 3.58. The van der Waals surface area contributed by atoms with Crippen molar-refractivity contribution in [2.45, 2.75) is 37.1 Å². The molecular weight excluding hydrogens is 276 g/mol. The lowest BCUT2D eigenvalue weighted by atomic mass is 10.0. The molecule has 1 aliphatic heterocycles. The van der Waals surface area contributed by atoms with Crippen LogP contribution < -0.4 is 10.6 Å². The Labute approximate surface area is 119 Å². The summed E-state index contributed by atoms with van der Waals surface area (Å²) in [6.07, 6.45) is 4.10. The van der Waals surface area contributed by atoms with Crippen molar-refractivity contribution in [1.29, 1.82) is 0 Å². The molecule has 0 spiro atoms. The fraction of sp³-hybridized carbons (Fsp3) is 0.500. The normalized spacial score (nSPS) is 19.6. The number of carbonyl (C=O) groups is 1. The molecule has 0 aromatic heterocycles. The van der Waals surface area contributed by atoms with Gasteiger partial charge in [0.25, 0.3) is 0 Å². The van der Waals surface area contributed by atoms with Gasteiger partial charge in [0.05, 0.1) is 10.9 Å². The van der Waals surface area contributed by atoms with Crippen LogP contribution >= 0.6 is 0 Å². The molecule has 0 bridgehead atoms. The summed E-state index contributed by atoms with van der Waals surface area (Å²) in [4.78, 5) is 12.4. The van der Waals surface area contributed by atoms with Crippen LogP contribution in [-0.4, -0.2) is 33.2 Å². The van der Waals surface area contributed by atoms with E-state index in [0.29, 0.717) is 5.69 Å². The molecule has 110 valence electrons. The first-order chi connectivity index (χ1) is 9.38. The first-order valence-electron chi connectivity index (χ1n) is 6.73. The minimum absolute atomic E-state index is 0.0987. The second-order valence-corrected chi connectivity index (χ2v) is 7.26. The van der Waals surface area contributed by atoms with E-state index in [4.69, 9.17) is 0 Å². The quantitative estimate of drug-likeness (QED) is 0.886. The van der Waals surface area contributed by atoms with Crippen molar-refractivity contribution < 1.29 is 13.2 Å². The number of sulfone groups is 1. The number of rotatable bonds is 3. The molecule has 2 N–H and O–H groups in total. The van der Waals surface area contributed by atoms with E-state index in [2.05, 4.69) is 10.6 Å². The van der Waals surface area contributed by atoms with Crippen LogP contribution in [0.25, 0.3) is 0 Å². The summed E-state index contributed by atoms with van der Waals surface area (Å²) >= 11 is 0. The van der Waals surface area contributed by atoms with Crippen LogP contribution in [0.5, 0.6) is 0 Å². The summed E-state index contributed by atoms with van der Waals surface area (Å²) in [5.74, 6) is -0.0987. The van der Waals surface area contributed by atoms with Crippen molar-refractivity contribution in [3.8, 4) is 0 Å². The van der Waals surface area contributed by atoms with Crippen molar-refractivity contribution in [3.05, 3.63) is 23.8 Å².